The maximum absolute atomic E-state index is 11.8. The molecule has 0 unspecified atom stereocenters. The number of aryl methyl sites for hydroxylation is 1. The number of nitrogens with zero attached hydrogens (tertiary/aromatic N) is 5. The van der Waals surface area contributed by atoms with Gasteiger partial charge in [-0.25, -0.2) is 14.2 Å². The van der Waals surface area contributed by atoms with E-state index in [1.165, 1.54) is 7.05 Å². The second kappa shape index (κ2) is 5.19. The third-order valence-corrected chi connectivity index (χ3v) is 3.01. The van der Waals surface area contributed by atoms with E-state index in [0.29, 0.717) is 13.1 Å². The van der Waals surface area contributed by atoms with Gasteiger partial charge in [0.25, 0.3) is 5.91 Å². The number of carbonyl (C=O) groups is 1. The van der Waals surface area contributed by atoms with Crippen LogP contribution in [0.3, 0.4) is 0 Å². The first kappa shape index (κ1) is 13.0. The molecule has 1 aromatic carbocycles. The van der Waals surface area contributed by atoms with Gasteiger partial charge in [0.1, 0.15) is 5.52 Å². The molecule has 2 aromatic heterocycles. The fourth-order valence-corrected chi connectivity index (χ4v) is 1.95. The minimum Gasteiger partial charge on any atom is -0.347 e. The maximum atomic E-state index is 11.8. The van der Waals surface area contributed by atoms with Gasteiger partial charge < -0.3 is 5.32 Å². The third kappa shape index (κ3) is 2.53. The Balaban J connectivity index is 1.63. The Bertz CT molecular complexity index is 845. The fraction of sp³-hybridized carbons (Fsp3) is 0.250. The number of hydrogen-bond acceptors (Lipinski definition) is 5. The van der Waals surface area contributed by atoms with E-state index in [2.05, 4.69) is 25.7 Å². The number of carbonyl (C=O) groups excluding carboxylic acids is 1. The van der Waals surface area contributed by atoms with Crippen molar-refractivity contribution in [1.82, 2.24) is 35.1 Å². The van der Waals surface area contributed by atoms with E-state index in [1.54, 1.807) is 4.68 Å². The van der Waals surface area contributed by atoms with Crippen LogP contribution in [0.1, 0.15) is 10.6 Å². The largest absolute Gasteiger partial charge is 0.347 e. The van der Waals surface area contributed by atoms with Gasteiger partial charge >= 0.3 is 5.69 Å². The lowest BCUT2D eigenvalue weighted by atomic mass is 10.3. The number of nitrogens with one attached hydrogen (secondary N) is 2. The van der Waals surface area contributed by atoms with Crippen molar-refractivity contribution in [3.05, 3.63) is 40.6 Å². The molecule has 0 radical (unpaired) electrons. The van der Waals surface area contributed by atoms with Gasteiger partial charge in [-0.3, -0.25) is 9.78 Å². The van der Waals surface area contributed by atoms with Crippen molar-refractivity contribution in [3.8, 4) is 0 Å². The summed E-state index contributed by atoms with van der Waals surface area (Å²) in [5.74, 6) is -0.442. The van der Waals surface area contributed by atoms with E-state index in [-0.39, 0.29) is 5.82 Å². The maximum Gasteiger partial charge on any atom is 0.343 e. The van der Waals surface area contributed by atoms with E-state index in [1.807, 2.05) is 24.3 Å². The van der Waals surface area contributed by atoms with Crippen molar-refractivity contribution in [2.24, 2.45) is 7.05 Å². The number of H-pyrrole nitrogens is 1. The second-order valence-corrected chi connectivity index (χ2v) is 4.46. The second-order valence-electron chi connectivity index (χ2n) is 4.46. The van der Waals surface area contributed by atoms with Gasteiger partial charge in [0.05, 0.1) is 12.1 Å². The molecule has 3 rings (SSSR count). The number of amides is 1. The Morgan fingerprint density at radius 1 is 1.38 bits per heavy atom. The number of rotatable bonds is 4. The number of para-hydroxylation sites is 1. The molecule has 0 spiro atoms. The van der Waals surface area contributed by atoms with Gasteiger partial charge in [-0.1, -0.05) is 17.3 Å². The molecule has 1 amide bonds. The molecule has 2 heterocycles. The van der Waals surface area contributed by atoms with Gasteiger partial charge in [0, 0.05) is 13.6 Å². The van der Waals surface area contributed by atoms with E-state index in [9.17, 15) is 9.59 Å². The van der Waals surface area contributed by atoms with Crippen molar-refractivity contribution in [2.75, 3.05) is 6.54 Å². The summed E-state index contributed by atoms with van der Waals surface area (Å²) < 4.78 is 2.77. The van der Waals surface area contributed by atoms with Crippen LogP contribution in [-0.4, -0.2) is 42.2 Å². The van der Waals surface area contributed by atoms with Crippen molar-refractivity contribution in [2.45, 2.75) is 6.54 Å². The van der Waals surface area contributed by atoms with Gasteiger partial charge in [-0.05, 0) is 12.1 Å². The lowest BCUT2D eigenvalue weighted by molar-refractivity contribution is 0.0941. The molecule has 21 heavy (non-hydrogen) atoms. The number of aromatic nitrogens is 6. The van der Waals surface area contributed by atoms with Crippen LogP contribution in [0.4, 0.5) is 0 Å². The minimum absolute atomic E-state index is 0.00838. The molecule has 0 saturated heterocycles. The minimum atomic E-state index is -0.433. The van der Waals surface area contributed by atoms with Crippen LogP contribution in [0.2, 0.25) is 0 Å². The Kier molecular flexibility index (Phi) is 3.22. The quantitative estimate of drug-likeness (QED) is 0.658. The molecule has 0 aliphatic heterocycles. The molecule has 9 heteroatoms. The molecule has 108 valence electrons. The normalized spacial score (nSPS) is 10.9. The summed E-state index contributed by atoms with van der Waals surface area (Å²) in [7, 11) is 1.47. The molecule has 9 nitrogen and oxygen atoms in total. The van der Waals surface area contributed by atoms with Gasteiger partial charge in [0.2, 0.25) is 5.82 Å². The molecule has 0 fully saturated rings. The van der Waals surface area contributed by atoms with Gasteiger partial charge in [-0.2, -0.15) is 0 Å². The van der Waals surface area contributed by atoms with Crippen LogP contribution in [0.5, 0.6) is 0 Å². The zero-order valence-electron chi connectivity index (χ0n) is 11.3. The van der Waals surface area contributed by atoms with E-state index in [4.69, 9.17) is 0 Å². The summed E-state index contributed by atoms with van der Waals surface area (Å²) in [4.78, 5) is 25.4. The number of aromatic amines is 1. The summed E-state index contributed by atoms with van der Waals surface area (Å²) in [5.41, 5.74) is 1.28. The lowest BCUT2D eigenvalue weighted by Crippen LogP contribution is -2.28. The van der Waals surface area contributed by atoms with Crippen molar-refractivity contribution < 1.29 is 4.79 Å². The SMILES string of the molecule is Cn1nc(C(=O)NCCn2nnc3ccccc32)[nH]c1=O. The Morgan fingerprint density at radius 3 is 2.95 bits per heavy atom. The van der Waals surface area contributed by atoms with Crippen LogP contribution >= 0.6 is 0 Å². The molecule has 2 N–H and O–H groups in total. The first-order valence-corrected chi connectivity index (χ1v) is 6.35. The highest BCUT2D eigenvalue weighted by atomic mass is 16.2. The van der Waals surface area contributed by atoms with Crippen molar-refractivity contribution in [1.29, 1.82) is 0 Å². The van der Waals surface area contributed by atoms with Crippen molar-refractivity contribution in [3.63, 3.8) is 0 Å². The van der Waals surface area contributed by atoms with E-state index in [0.717, 1.165) is 15.7 Å². The average molecular weight is 287 g/mol. The predicted octanol–water partition coefficient (Wildman–Crippen LogP) is -0.717. The summed E-state index contributed by atoms with van der Waals surface area (Å²) in [6, 6.07) is 7.57. The highest BCUT2D eigenvalue weighted by molar-refractivity contribution is 5.90. The summed E-state index contributed by atoms with van der Waals surface area (Å²) in [6.07, 6.45) is 0. The standard InChI is InChI=1S/C12H13N7O2/c1-18-12(21)14-10(16-18)11(20)13-6-7-19-9-5-3-2-4-8(9)15-17-19/h2-5H,6-7H2,1H3,(H,13,20)(H,14,16,21). The summed E-state index contributed by atoms with van der Waals surface area (Å²) >= 11 is 0. The molecular weight excluding hydrogens is 274 g/mol. The van der Waals surface area contributed by atoms with Crippen LogP contribution < -0.4 is 11.0 Å². The van der Waals surface area contributed by atoms with Gasteiger partial charge in [0.15, 0.2) is 0 Å². The number of hydrogen-bond donors (Lipinski definition) is 2. The van der Waals surface area contributed by atoms with Crippen LogP contribution in [-0.2, 0) is 13.6 Å². The van der Waals surface area contributed by atoms with E-state index < -0.39 is 11.6 Å². The third-order valence-electron chi connectivity index (χ3n) is 3.01. The van der Waals surface area contributed by atoms with E-state index >= 15 is 0 Å². The summed E-state index contributed by atoms with van der Waals surface area (Å²) in [5, 5.41) is 14.5. The molecule has 0 atom stereocenters. The van der Waals surface area contributed by atoms with Gasteiger partial charge in [-0.15, -0.1) is 10.2 Å². The molecule has 0 aliphatic rings. The summed E-state index contributed by atoms with van der Waals surface area (Å²) in [6.45, 7) is 0.827. The van der Waals surface area contributed by atoms with Crippen LogP contribution in [0.25, 0.3) is 11.0 Å². The molecule has 3 aromatic rings. The lowest BCUT2D eigenvalue weighted by Gasteiger charge is -2.03. The average Bonchev–Trinajstić information content (AvgIpc) is 3.04. The first-order valence-electron chi connectivity index (χ1n) is 6.35. The Morgan fingerprint density at radius 2 is 2.19 bits per heavy atom. The smallest absolute Gasteiger partial charge is 0.343 e. The molecular formula is C12H13N7O2. The predicted molar refractivity (Wildman–Crippen MR) is 73.7 cm³/mol. The molecule has 0 saturated carbocycles. The number of fused-ring (bicyclic) bond motifs is 1. The zero-order valence-corrected chi connectivity index (χ0v) is 11.3. The Hall–Kier alpha value is -2.97. The number of benzene rings is 1. The van der Waals surface area contributed by atoms with Crippen LogP contribution in [0, 0.1) is 0 Å². The highest BCUT2D eigenvalue weighted by Gasteiger charge is 2.11. The van der Waals surface area contributed by atoms with Crippen LogP contribution in [0.15, 0.2) is 29.1 Å². The Labute approximate surface area is 118 Å². The topological polar surface area (TPSA) is 110 Å². The highest BCUT2D eigenvalue weighted by Crippen LogP contribution is 2.08. The first-order chi connectivity index (χ1) is 10.1. The fourth-order valence-electron chi connectivity index (χ4n) is 1.95. The molecule has 0 aliphatic carbocycles. The van der Waals surface area contributed by atoms with Crippen molar-refractivity contribution >= 4 is 16.9 Å². The zero-order chi connectivity index (χ0) is 14.8. The monoisotopic (exact) mass is 287 g/mol. The molecule has 0 bridgehead atoms.